The lowest BCUT2D eigenvalue weighted by molar-refractivity contribution is -0.676. The highest BCUT2D eigenvalue weighted by Gasteiger charge is 2.53. The molecule has 0 bridgehead atoms. The molecule has 0 spiro atoms. The van der Waals surface area contributed by atoms with Crippen LogP contribution in [-0.4, -0.2) is 70.3 Å². The van der Waals surface area contributed by atoms with Gasteiger partial charge in [0.1, 0.15) is 17.6 Å². The van der Waals surface area contributed by atoms with E-state index in [2.05, 4.69) is 4.90 Å². The summed E-state index contributed by atoms with van der Waals surface area (Å²) >= 11 is 6.44. The van der Waals surface area contributed by atoms with Gasteiger partial charge >= 0.3 is 12.0 Å². The Balaban J connectivity index is 1.48. The summed E-state index contributed by atoms with van der Waals surface area (Å²) in [6.45, 7) is 5.12. The molecule has 0 aliphatic carbocycles. The fourth-order valence-electron chi connectivity index (χ4n) is 4.75. The van der Waals surface area contributed by atoms with E-state index in [0.29, 0.717) is 29.9 Å². The Labute approximate surface area is 186 Å². The SMILES string of the molecule is Cc1c[n+]2c(n1-c1ccccc1Cl)N=C1C2C(=O)N(CCN2CCCCC2)C(=O)N1C. The van der Waals surface area contributed by atoms with Crippen molar-refractivity contribution in [3.63, 3.8) is 0 Å². The van der Waals surface area contributed by atoms with Crippen LogP contribution >= 0.6 is 11.6 Å². The van der Waals surface area contributed by atoms with E-state index in [-0.39, 0.29) is 11.9 Å². The maximum absolute atomic E-state index is 13.4. The first-order valence-electron chi connectivity index (χ1n) is 10.8. The highest BCUT2D eigenvalue weighted by molar-refractivity contribution is 6.32. The molecular formula is C22H26ClN6O2+. The van der Waals surface area contributed by atoms with Crippen LogP contribution in [0.4, 0.5) is 10.7 Å². The van der Waals surface area contributed by atoms with Gasteiger partial charge in [0.05, 0.1) is 5.02 Å². The first-order valence-corrected chi connectivity index (χ1v) is 11.1. The number of halogens is 1. The quantitative estimate of drug-likeness (QED) is 0.685. The number of carbonyl (C=O) groups excluding carboxylic acids is 2. The molecule has 0 N–H and O–H groups in total. The van der Waals surface area contributed by atoms with Crippen molar-refractivity contribution in [2.75, 3.05) is 33.2 Å². The maximum Gasteiger partial charge on any atom is 0.407 e. The third kappa shape index (κ3) is 3.25. The number of fused-ring (bicyclic) bond motifs is 3. The first-order chi connectivity index (χ1) is 15.0. The Bertz CT molecular complexity index is 1090. The number of piperidine rings is 1. The highest BCUT2D eigenvalue weighted by atomic mass is 35.5. The fourth-order valence-corrected chi connectivity index (χ4v) is 4.97. The zero-order valence-corrected chi connectivity index (χ0v) is 18.5. The monoisotopic (exact) mass is 441 g/mol. The number of rotatable bonds is 4. The van der Waals surface area contributed by atoms with Gasteiger partial charge in [0.2, 0.25) is 11.9 Å². The second-order valence-electron chi connectivity index (χ2n) is 8.37. The number of aryl methyl sites for hydroxylation is 1. The van der Waals surface area contributed by atoms with Crippen LogP contribution in [0, 0.1) is 6.92 Å². The van der Waals surface area contributed by atoms with Gasteiger partial charge in [0.25, 0.3) is 5.91 Å². The van der Waals surface area contributed by atoms with Crippen LogP contribution in [0.25, 0.3) is 5.69 Å². The van der Waals surface area contributed by atoms with Gasteiger partial charge in [-0.25, -0.2) is 9.36 Å². The number of hydrogen-bond donors (Lipinski definition) is 0. The predicted octanol–water partition coefficient (Wildman–Crippen LogP) is 2.69. The number of aliphatic imine (C=N–C) groups is 1. The second-order valence-corrected chi connectivity index (χ2v) is 8.78. The molecule has 2 aromatic rings. The largest absolute Gasteiger partial charge is 0.407 e. The minimum absolute atomic E-state index is 0.223. The molecule has 3 aliphatic heterocycles. The van der Waals surface area contributed by atoms with Crippen LogP contribution in [0.15, 0.2) is 35.5 Å². The number of para-hydroxylation sites is 1. The van der Waals surface area contributed by atoms with E-state index in [0.717, 1.165) is 24.5 Å². The van der Waals surface area contributed by atoms with E-state index in [1.54, 1.807) is 7.05 Å². The molecule has 0 radical (unpaired) electrons. The van der Waals surface area contributed by atoms with Crippen LogP contribution in [0.5, 0.6) is 0 Å². The van der Waals surface area contributed by atoms with Crippen molar-refractivity contribution in [1.82, 2.24) is 19.3 Å². The number of amidine groups is 1. The average molecular weight is 442 g/mol. The molecule has 5 rings (SSSR count). The van der Waals surface area contributed by atoms with Gasteiger partial charge in [-0.2, -0.15) is 4.57 Å². The molecule has 1 unspecified atom stereocenters. The lowest BCUT2D eigenvalue weighted by Gasteiger charge is -2.35. The van der Waals surface area contributed by atoms with Gasteiger partial charge < -0.3 is 4.90 Å². The molecule has 2 fully saturated rings. The Morgan fingerprint density at radius 3 is 2.61 bits per heavy atom. The van der Waals surface area contributed by atoms with E-state index in [1.807, 2.05) is 46.5 Å². The van der Waals surface area contributed by atoms with Gasteiger partial charge in [0.15, 0.2) is 0 Å². The Hall–Kier alpha value is -2.71. The number of likely N-dealkylation sites (N-methyl/N-ethyl adjacent to an activating group) is 1. The first kappa shape index (κ1) is 20.2. The van der Waals surface area contributed by atoms with Gasteiger partial charge in [-0.05, 0) is 45.0 Å². The van der Waals surface area contributed by atoms with E-state index in [1.165, 1.54) is 29.1 Å². The van der Waals surface area contributed by atoms with E-state index in [9.17, 15) is 9.59 Å². The molecule has 4 heterocycles. The predicted molar refractivity (Wildman–Crippen MR) is 117 cm³/mol. The third-order valence-electron chi connectivity index (χ3n) is 6.39. The number of hydrogen-bond acceptors (Lipinski definition) is 4. The summed E-state index contributed by atoms with van der Waals surface area (Å²) in [5.41, 5.74) is 1.71. The molecule has 8 nitrogen and oxygen atoms in total. The maximum atomic E-state index is 13.4. The summed E-state index contributed by atoms with van der Waals surface area (Å²) in [6.07, 6.45) is 5.51. The lowest BCUT2D eigenvalue weighted by Crippen LogP contribution is -2.63. The van der Waals surface area contributed by atoms with E-state index < -0.39 is 6.04 Å². The van der Waals surface area contributed by atoms with E-state index >= 15 is 0 Å². The van der Waals surface area contributed by atoms with Gasteiger partial charge in [0, 0.05) is 20.1 Å². The molecule has 31 heavy (non-hydrogen) atoms. The van der Waals surface area contributed by atoms with Crippen LogP contribution in [0.2, 0.25) is 5.02 Å². The number of likely N-dealkylation sites (tertiary alicyclic amines) is 1. The molecule has 1 aromatic carbocycles. The molecular weight excluding hydrogens is 416 g/mol. The molecule has 1 aromatic heterocycles. The lowest BCUT2D eigenvalue weighted by atomic mass is 10.1. The summed E-state index contributed by atoms with van der Waals surface area (Å²) < 4.78 is 3.78. The Kier molecular flexibility index (Phi) is 5.06. The zero-order chi connectivity index (χ0) is 21.7. The van der Waals surface area contributed by atoms with Crippen molar-refractivity contribution in [3.05, 3.63) is 41.2 Å². The van der Waals surface area contributed by atoms with Crippen LogP contribution < -0.4 is 4.57 Å². The Morgan fingerprint density at radius 1 is 1.13 bits per heavy atom. The molecule has 3 aliphatic rings. The summed E-state index contributed by atoms with van der Waals surface area (Å²) in [5.74, 6) is 0.829. The molecule has 9 heteroatoms. The molecule has 0 saturated carbocycles. The normalized spacial score (nSPS) is 21.4. The smallest absolute Gasteiger partial charge is 0.302 e. The highest BCUT2D eigenvalue weighted by Crippen LogP contribution is 2.33. The van der Waals surface area contributed by atoms with Crippen LogP contribution in [0.3, 0.4) is 0 Å². The van der Waals surface area contributed by atoms with Crippen molar-refractivity contribution < 1.29 is 14.2 Å². The number of urea groups is 1. The number of imidazole rings is 1. The molecule has 162 valence electrons. The third-order valence-corrected chi connectivity index (χ3v) is 6.71. The Morgan fingerprint density at radius 2 is 1.87 bits per heavy atom. The van der Waals surface area contributed by atoms with Crippen molar-refractivity contribution in [2.45, 2.75) is 32.2 Å². The van der Waals surface area contributed by atoms with Crippen molar-refractivity contribution in [2.24, 2.45) is 4.99 Å². The van der Waals surface area contributed by atoms with Gasteiger partial charge in [-0.3, -0.25) is 14.6 Å². The second kappa shape index (κ2) is 7.76. The number of aromatic nitrogens is 2. The molecule has 1 atom stereocenters. The number of imide groups is 1. The summed E-state index contributed by atoms with van der Waals surface area (Å²) in [6, 6.07) is 6.58. The number of nitrogens with zero attached hydrogens (tertiary/aromatic N) is 6. The summed E-state index contributed by atoms with van der Waals surface area (Å²) in [4.78, 5) is 36.4. The zero-order valence-electron chi connectivity index (χ0n) is 17.8. The minimum atomic E-state index is -0.638. The van der Waals surface area contributed by atoms with Crippen molar-refractivity contribution in [1.29, 1.82) is 0 Å². The fraction of sp³-hybridized carbons (Fsp3) is 0.455. The summed E-state index contributed by atoms with van der Waals surface area (Å²) in [7, 11) is 1.69. The van der Waals surface area contributed by atoms with Crippen LogP contribution in [0.1, 0.15) is 31.0 Å². The molecule has 2 saturated heterocycles. The van der Waals surface area contributed by atoms with Crippen molar-refractivity contribution in [3.8, 4) is 5.69 Å². The number of benzene rings is 1. The summed E-state index contributed by atoms with van der Waals surface area (Å²) in [5, 5.41) is 0.596. The van der Waals surface area contributed by atoms with E-state index in [4.69, 9.17) is 16.6 Å². The topological polar surface area (TPSA) is 65.0 Å². The van der Waals surface area contributed by atoms with Gasteiger partial charge in [-0.15, -0.1) is 0 Å². The molecule has 3 amide bonds. The number of carbonyl (C=O) groups is 2. The van der Waals surface area contributed by atoms with Crippen LogP contribution in [-0.2, 0) is 4.79 Å². The minimum Gasteiger partial charge on any atom is -0.302 e. The average Bonchev–Trinajstić information content (AvgIpc) is 3.28. The standard InChI is InChI=1S/C22H26ClN6O2/c1-15-14-28-18-19(24-21(28)29(15)17-9-5-4-8-16(17)23)25(2)22(31)27(20(18)30)13-12-26-10-6-3-7-11-26/h4-5,8-9,14,18H,3,6-7,10-13H2,1-2H3/q+1. The van der Waals surface area contributed by atoms with Crippen molar-refractivity contribution >= 4 is 35.3 Å². The number of amides is 3. The van der Waals surface area contributed by atoms with Gasteiger partial charge in [-0.1, -0.05) is 35.1 Å².